The molecule has 0 saturated carbocycles. The predicted molar refractivity (Wildman–Crippen MR) is 50.7 cm³/mol. The van der Waals surface area contributed by atoms with E-state index in [1.807, 2.05) is 6.08 Å². The monoisotopic (exact) mass is 152 g/mol. The van der Waals surface area contributed by atoms with Crippen LogP contribution >= 0.6 is 0 Å². The van der Waals surface area contributed by atoms with Crippen molar-refractivity contribution in [1.82, 2.24) is 5.32 Å². The third-order valence-corrected chi connectivity index (χ3v) is 1.15. The summed E-state index contributed by atoms with van der Waals surface area (Å²) in [6.07, 6.45) is 6.85. The number of rotatable bonds is 4. The quantitative estimate of drug-likeness (QED) is 0.434. The lowest BCUT2D eigenvalue weighted by atomic mass is 10.1. The van der Waals surface area contributed by atoms with Gasteiger partial charge in [0.1, 0.15) is 0 Å². The van der Waals surface area contributed by atoms with E-state index >= 15 is 0 Å². The Kier molecular flexibility index (Phi) is 4.88. The fraction of sp³-hybridized carbons (Fsp3) is 0.600. The van der Waals surface area contributed by atoms with Crippen LogP contribution in [0.15, 0.2) is 24.8 Å². The van der Waals surface area contributed by atoms with Gasteiger partial charge in [-0.25, -0.2) is 5.32 Å². The number of nitrogens with zero attached hydrogens (tertiary/aromatic N) is 1. The van der Waals surface area contributed by atoms with Gasteiger partial charge in [-0.3, -0.25) is 0 Å². The second-order valence-electron chi connectivity index (χ2n) is 3.51. The first kappa shape index (κ1) is 10.4. The molecular formula is C10H18N. The predicted octanol–water partition coefficient (Wildman–Crippen LogP) is 2.52. The zero-order valence-electron chi connectivity index (χ0n) is 7.80. The molecule has 0 heterocycles. The summed E-state index contributed by atoms with van der Waals surface area (Å²) >= 11 is 0. The third-order valence-electron chi connectivity index (χ3n) is 1.15. The molecule has 0 atom stereocenters. The van der Waals surface area contributed by atoms with Crippen molar-refractivity contribution in [2.45, 2.75) is 32.7 Å². The van der Waals surface area contributed by atoms with Crippen LogP contribution < -0.4 is 5.32 Å². The zero-order valence-corrected chi connectivity index (χ0v) is 7.80. The van der Waals surface area contributed by atoms with Gasteiger partial charge in [0.2, 0.25) is 0 Å². The molecule has 0 saturated heterocycles. The first-order valence-electron chi connectivity index (χ1n) is 4.02. The SMILES string of the molecule is C=CC=CCC[N]C(C)(C)C. The Morgan fingerprint density at radius 1 is 1.36 bits per heavy atom. The Morgan fingerprint density at radius 2 is 2.00 bits per heavy atom. The van der Waals surface area contributed by atoms with E-state index < -0.39 is 0 Å². The minimum atomic E-state index is 0.113. The molecular weight excluding hydrogens is 134 g/mol. The lowest BCUT2D eigenvalue weighted by Gasteiger charge is -2.16. The molecule has 1 radical (unpaired) electrons. The van der Waals surface area contributed by atoms with Gasteiger partial charge in [0.05, 0.1) is 0 Å². The van der Waals surface area contributed by atoms with Crippen LogP contribution in [-0.2, 0) is 0 Å². The standard InChI is InChI=1S/C10H18N/c1-5-6-7-8-9-11-10(2,3)4/h5-7H,1,8-9H2,2-4H3. The average Bonchev–Trinajstić information content (AvgIpc) is 1.85. The highest BCUT2D eigenvalue weighted by atomic mass is 14.9. The fourth-order valence-corrected chi connectivity index (χ4v) is 0.667. The van der Waals surface area contributed by atoms with Gasteiger partial charge < -0.3 is 0 Å². The van der Waals surface area contributed by atoms with Gasteiger partial charge in [0, 0.05) is 12.1 Å². The zero-order chi connectivity index (χ0) is 8.74. The highest BCUT2D eigenvalue weighted by molar-refractivity contribution is 4.97. The molecule has 0 N–H and O–H groups in total. The molecule has 0 unspecified atom stereocenters. The maximum absolute atomic E-state index is 4.44. The van der Waals surface area contributed by atoms with Crippen LogP contribution in [0.2, 0.25) is 0 Å². The van der Waals surface area contributed by atoms with Crippen LogP contribution in [0.4, 0.5) is 0 Å². The topological polar surface area (TPSA) is 14.1 Å². The molecule has 0 aliphatic rings. The van der Waals surface area contributed by atoms with E-state index in [4.69, 9.17) is 0 Å². The third kappa shape index (κ3) is 9.44. The molecule has 0 aliphatic carbocycles. The van der Waals surface area contributed by atoms with Gasteiger partial charge in [-0.1, -0.05) is 24.8 Å². The second kappa shape index (κ2) is 5.14. The van der Waals surface area contributed by atoms with Crippen molar-refractivity contribution in [3.63, 3.8) is 0 Å². The second-order valence-corrected chi connectivity index (χ2v) is 3.51. The van der Waals surface area contributed by atoms with Gasteiger partial charge >= 0.3 is 0 Å². The van der Waals surface area contributed by atoms with Crippen molar-refractivity contribution < 1.29 is 0 Å². The summed E-state index contributed by atoms with van der Waals surface area (Å²) < 4.78 is 0. The van der Waals surface area contributed by atoms with Crippen molar-refractivity contribution >= 4 is 0 Å². The molecule has 0 spiro atoms. The van der Waals surface area contributed by atoms with Crippen LogP contribution in [0.1, 0.15) is 27.2 Å². The first-order chi connectivity index (χ1) is 5.06. The van der Waals surface area contributed by atoms with E-state index in [2.05, 4.69) is 38.7 Å². The van der Waals surface area contributed by atoms with E-state index in [1.54, 1.807) is 6.08 Å². The van der Waals surface area contributed by atoms with E-state index in [0.29, 0.717) is 0 Å². The Hall–Kier alpha value is -0.560. The summed E-state index contributed by atoms with van der Waals surface area (Å²) in [7, 11) is 0. The van der Waals surface area contributed by atoms with Gasteiger partial charge in [0.15, 0.2) is 0 Å². The van der Waals surface area contributed by atoms with Crippen LogP contribution in [0.3, 0.4) is 0 Å². The van der Waals surface area contributed by atoms with E-state index in [1.165, 1.54) is 0 Å². The first-order valence-corrected chi connectivity index (χ1v) is 4.02. The van der Waals surface area contributed by atoms with E-state index in [-0.39, 0.29) is 5.54 Å². The molecule has 0 bridgehead atoms. The summed E-state index contributed by atoms with van der Waals surface area (Å²) in [5.41, 5.74) is 0.113. The Bertz CT molecular complexity index is 128. The molecule has 0 amide bonds. The van der Waals surface area contributed by atoms with Crippen molar-refractivity contribution in [2.75, 3.05) is 6.54 Å². The molecule has 0 aliphatic heterocycles. The fourth-order valence-electron chi connectivity index (χ4n) is 0.667. The molecule has 1 heteroatoms. The van der Waals surface area contributed by atoms with Crippen molar-refractivity contribution in [1.29, 1.82) is 0 Å². The van der Waals surface area contributed by atoms with Gasteiger partial charge in [-0.05, 0) is 27.2 Å². The maximum Gasteiger partial charge on any atom is 0.0272 e. The Balaban J connectivity index is 3.28. The Morgan fingerprint density at radius 3 is 2.45 bits per heavy atom. The number of allylic oxidation sites excluding steroid dienone is 2. The molecule has 0 aromatic heterocycles. The Labute approximate surface area is 70.2 Å². The summed E-state index contributed by atoms with van der Waals surface area (Å²) in [5, 5.41) is 4.44. The lowest BCUT2D eigenvalue weighted by Crippen LogP contribution is -2.29. The normalized spacial score (nSPS) is 12.3. The van der Waals surface area contributed by atoms with Crippen LogP contribution in [0.5, 0.6) is 0 Å². The number of hydrogen-bond acceptors (Lipinski definition) is 0. The molecule has 11 heavy (non-hydrogen) atoms. The van der Waals surface area contributed by atoms with Gasteiger partial charge in [-0.2, -0.15) is 0 Å². The van der Waals surface area contributed by atoms with Crippen LogP contribution in [-0.4, -0.2) is 12.1 Å². The molecule has 0 aromatic rings. The van der Waals surface area contributed by atoms with Crippen molar-refractivity contribution in [3.8, 4) is 0 Å². The summed E-state index contributed by atoms with van der Waals surface area (Å²) in [6.45, 7) is 10.8. The van der Waals surface area contributed by atoms with Gasteiger partial charge in [-0.15, -0.1) is 0 Å². The van der Waals surface area contributed by atoms with E-state index in [0.717, 1.165) is 13.0 Å². The molecule has 0 rings (SSSR count). The summed E-state index contributed by atoms with van der Waals surface area (Å²) in [6, 6.07) is 0. The molecule has 63 valence electrons. The number of hydrogen-bond donors (Lipinski definition) is 0. The molecule has 1 nitrogen and oxygen atoms in total. The minimum Gasteiger partial charge on any atom is -0.236 e. The van der Waals surface area contributed by atoms with Gasteiger partial charge in [0.25, 0.3) is 0 Å². The minimum absolute atomic E-state index is 0.113. The van der Waals surface area contributed by atoms with Crippen molar-refractivity contribution in [2.24, 2.45) is 0 Å². The van der Waals surface area contributed by atoms with Crippen LogP contribution in [0.25, 0.3) is 0 Å². The summed E-state index contributed by atoms with van der Waals surface area (Å²) in [5.74, 6) is 0. The smallest absolute Gasteiger partial charge is 0.0272 e. The van der Waals surface area contributed by atoms with Crippen LogP contribution in [0, 0.1) is 0 Å². The molecule has 0 fully saturated rings. The highest BCUT2D eigenvalue weighted by Gasteiger charge is 2.07. The van der Waals surface area contributed by atoms with Crippen molar-refractivity contribution in [3.05, 3.63) is 24.8 Å². The molecule has 0 aromatic carbocycles. The average molecular weight is 152 g/mol. The highest BCUT2D eigenvalue weighted by Crippen LogP contribution is 2.00. The summed E-state index contributed by atoms with van der Waals surface area (Å²) in [4.78, 5) is 0. The largest absolute Gasteiger partial charge is 0.236 e. The van der Waals surface area contributed by atoms with E-state index in [9.17, 15) is 0 Å². The maximum atomic E-state index is 4.44. The lowest BCUT2D eigenvalue weighted by molar-refractivity contribution is 0.421.